The van der Waals surface area contributed by atoms with Gasteiger partial charge in [-0.1, -0.05) is 19.8 Å². The average molecular weight is 283 g/mol. The van der Waals surface area contributed by atoms with Crippen LogP contribution in [0.4, 0.5) is 0 Å². The molecule has 1 aromatic heterocycles. The summed E-state index contributed by atoms with van der Waals surface area (Å²) in [5.74, 6) is 0. The Morgan fingerprint density at radius 2 is 2.26 bits per heavy atom. The van der Waals surface area contributed by atoms with E-state index in [1.54, 1.807) is 0 Å². The Bertz CT molecular complexity index is 426. The lowest BCUT2D eigenvalue weighted by atomic mass is 9.98. The van der Waals surface area contributed by atoms with Gasteiger partial charge >= 0.3 is 0 Å². The predicted octanol–water partition coefficient (Wildman–Crippen LogP) is 4.06. The standard InChI is InChI=1S/C15H23ClN2O/c1-2-14(16)12-9-17-18(10-12)11-13-5-8-15(19-13)6-3-4-7-15/h9-10,13-14H,2-8,11H2,1H3. The topological polar surface area (TPSA) is 27.1 Å². The predicted molar refractivity (Wildman–Crippen MR) is 76.4 cm³/mol. The van der Waals surface area contributed by atoms with E-state index in [-0.39, 0.29) is 11.0 Å². The lowest BCUT2D eigenvalue weighted by Crippen LogP contribution is -2.26. The summed E-state index contributed by atoms with van der Waals surface area (Å²) < 4.78 is 8.32. The Morgan fingerprint density at radius 3 is 3.00 bits per heavy atom. The lowest BCUT2D eigenvalue weighted by Gasteiger charge is -2.23. The van der Waals surface area contributed by atoms with Crippen LogP contribution in [0.1, 0.15) is 62.8 Å². The summed E-state index contributed by atoms with van der Waals surface area (Å²) in [7, 11) is 0. The Hall–Kier alpha value is -0.540. The molecular weight excluding hydrogens is 260 g/mol. The second-order valence-electron chi connectivity index (χ2n) is 6.04. The lowest BCUT2D eigenvalue weighted by molar-refractivity contribution is -0.0429. The highest BCUT2D eigenvalue weighted by Gasteiger charge is 2.42. The molecule has 2 heterocycles. The zero-order valence-electron chi connectivity index (χ0n) is 11.6. The number of nitrogens with zero attached hydrogens (tertiary/aromatic N) is 2. The first-order chi connectivity index (χ1) is 9.21. The average Bonchev–Trinajstić information content (AvgIpc) is 3.13. The van der Waals surface area contributed by atoms with Crippen LogP contribution in [-0.2, 0) is 11.3 Å². The van der Waals surface area contributed by atoms with E-state index in [1.165, 1.54) is 38.5 Å². The number of halogens is 1. The largest absolute Gasteiger partial charge is 0.370 e. The first-order valence-electron chi connectivity index (χ1n) is 7.55. The van der Waals surface area contributed by atoms with Crippen LogP contribution in [0.25, 0.3) is 0 Å². The Kier molecular flexibility index (Phi) is 3.86. The van der Waals surface area contributed by atoms with E-state index in [4.69, 9.17) is 16.3 Å². The van der Waals surface area contributed by atoms with Gasteiger partial charge in [0.25, 0.3) is 0 Å². The fourth-order valence-electron chi connectivity index (χ4n) is 3.50. The molecule has 19 heavy (non-hydrogen) atoms. The summed E-state index contributed by atoms with van der Waals surface area (Å²) in [5, 5.41) is 4.50. The maximum atomic E-state index is 6.32. The van der Waals surface area contributed by atoms with Crippen molar-refractivity contribution in [2.45, 2.75) is 75.5 Å². The highest BCUT2D eigenvalue weighted by atomic mass is 35.5. The van der Waals surface area contributed by atoms with Crippen LogP contribution in [0.3, 0.4) is 0 Å². The third-order valence-electron chi connectivity index (χ3n) is 4.62. The third-order valence-corrected chi connectivity index (χ3v) is 5.18. The molecule has 0 radical (unpaired) electrons. The van der Waals surface area contributed by atoms with Gasteiger partial charge in [0.2, 0.25) is 0 Å². The van der Waals surface area contributed by atoms with Crippen LogP contribution >= 0.6 is 11.6 Å². The van der Waals surface area contributed by atoms with Crippen molar-refractivity contribution in [3.05, 3.63) is 18.0 Å². The van der Waals surface area contributed by atoms with Crippen molar-refractivity contribution < 1.29 is 4.74 Å². The molecule has 1 aromatic rings. The van der Waals surface area contributed by atoms with Gasteiger partial charge in [-0.3, -0.25) is 4.68 Å². The number of hydrogen-bond acceptors (Lipinski definition) is 2. The van der Waals surface area contributed by atoms with E-state index in [9.17, 15) is 0 Å². The van der Waals surface area contributed by atoms with Gasteiger partial charge in [0.05, 0.1) is 29.8 Å². The molecule has 3 nitrogen and oxygen atoms in total. The zero-order valence-corrected chi connectivity index (χ0v) is 12.4. The van der Waals surface area contributed by atoms with E-state index in [0.717, 1.165) is 18.5 Å². The molecule has 2 atom stereocenters. The van der Waals surface area contributed by atoms with Gasteiger partial charge in [0.15, 0.2) is 0 Å². The van der Waals surface area contributed by atoms with Crippen LogP contribution in [0.15, 0.2) is 12.4 Å². The molecule has 106 valence electrons. The van der Waals surface area contributed by atoms with Crippen LogP contribution in [0.2, 0.25) is 0 Å². The van der Waals surface area contributed by atoms with Crippen molar-refractivity contribution in [2.24, 2.45) is 0 Å². The minimum atomic E-state index is 0.0828. The molecule has 1 aliphatic heterocycles. The molecule has 2 fully saturated rings. The highest BCUT2D eigenvalue weighted by molar-refractivity contribution is 6.20. The second kappa shape index (κ2) is 5.45. The number of rotatable bonds is 4. The molecule has 1 aliphatic carbocycles. The quantitative estimate of drug-likeness (QED) is 0.779. The maximum Gasteiger partial charge on any atom is 0.0779 e. The van der Waals surface area contributed by atoms with E-state index >= 15 is 0 Å². The smallest absolute Gasteiger partial charge is 0.0779 e. The molecule has 1 spiro atoms. The van der Waals surface area contributed by atoms with Gasteiger partial charge in [0, 0.05) is 11.8 Å². The summed E-state index contributed by atoms with van der Waals surface area (Å²) in [6, 6.07) is 0. The van der Waals surface area contributed by atoms with E-state index in [0.29, 0.717) is 6.10 Å². The molecular formula is C15H23ClN2O. The second-order valence-corrected chi connectivity index (χ2v) is 6.57. The molecule has 4 heteroatoms. The molecule has 2 aliphatic rings. The molecule has 0 N–H and O–H groups in total. The first kappa shape index (κ1) is 13.4. The number of ether oxygens (including phenoxy) is 1. The minimum absolute atomic E-state index is 0.0828. The number of aromatic nitrogens is 2. The van der Waals surface area contributed by atoms with Crippen LogP contribution in [0, 0.1) is 0 Å². The van der Waals surface area contributed by atoms with Crippen molar-refractivity contribution in [2.75, 3.05) is 0 Å². The van der Waals surface area contributed by atoms with E-state index in [1.807, 2.05) is 10.9 Å². The monoisotopic (exact) mass is 282 g/mol. The van der Waals surface area contributed by atoms with Crippen molar-refractivity contribution in [1.82, 2.24) is 9.78 Å². The Balaban J connectivity index is 1.58. The van der Waals surface area contributed by atoms with Crippen molar-refractivity contribution in [3.63, 3.8) is 0 Å². The summed E-state index contributed by atoms with van der Waals surface area (Å²) in [6.07, 6.45) is 12.8. The minimum Gasteiger partial charge on any atom is -0.370 e. The Labute approximate surface area is 120 Å². The van der Waals surface area contributed by atoms with Gasteiger partial charge in [0.1, 0.15) is 0 Å². The zero-order chi connectivity index (χ0) is 13.3. The third kappa shape index (κ3) is 2.82. The van der Waals surface area contributed by atoms with Crippen LogP contribution in [-0.4, -0.2) is 21.5 Å². The Morgan fingerprint density at radius 1 is 1.47 bits per heavy atom. The van der Waals surface area contributed by atoms with Crippen molar-refractivity contribution in [3.8, 4) is 0 Å². The molecule has 1 saturated carbocycles. The summed E-state index contributed by atoms with van der Waals surface area (Å²) in [5.41, 5.74) is 1.34. The summed E-state index contributed by atoms with van der Waals surface area (Å²) >= 11 is 6.23. The van der Waals surface area contributed by atoms with Gasteiger partial charge in [-0.05, 0) is 32.1 Å². The maximum absolute atomic E-state index is 6.32. The fraction of sp³-hybridized carbons (Fsp3) is 0.800. The van der Waals surface area contributed by atoms with Gasteiger partial charge in [-0.25, -0.2) is 0 Å². The summed E-state index contributed by atoms with van der Waals surface area (Å²) in [4.78, 5) is 0. The fourth-order valence-corrected chi connectivity index (χ4v) is 3.61. The van der Waals surface area contributed by atoms with E-state index < -0.39 is 0 Å². The molecule has 0 aromatic carbocycles. The van der Waals surface area contributed by atoms with Crippen LogP contribution in [0.5, 0.6) is 0 Å². The van der Waals surface area contributed by atoms with Gasteiger partial charge in [-0.15, -0.1) is 11.6 Å². The molecule has 2 unspecified atom stereocenters. The van der Waals surface area contributed by atoms with Crippen molar-refractivity contribution in [1.29, 1.82) is 0 Å². The summed E-state index contributed by atoms with van der Waals surface area (Å²) in [6.45, 7) is 2.97. The van der Waals surface area contributed by atoms with E-state index in [2.05, 4.69) is 18.2 Å². The SMILES string of the molecule is CCC(Cl)c1cnn(CC2CCC3(CCCC3)O2)c1. The molecule has 0 amide bonds. The number of hydrogen-bond donors (Lipinski definition) is 0. The first-order valence-corrected chi connectivity index (χ1v) is 7.99. The molecule has 1 saturated heterocycles. The van der Waals surface area contributed by atoms with Gasteiger partial charge in [-0.2, -0.15) is 5.10 Å². The van der Waals surface area contributed by atoms with Crippen LogP contribution < -0.4 is 0 Å². The molecule has 3 rings (SSSR count). The number of alkyl halides is 1. The normalized spacial score (nSPS) is 27.2. The highest BCUT2D eigenvalue weighted by Crippen LogP contribution is 2.43. The van der Waals surface area contributed by atoms with Crippen molar-refractivity contribution >= 4 is 11.6 Å². The molecule has 0 bridgehead atoms. The van der Waals surface area contributed by atoms with Gasteiger partial charge < -0.3 is 4.74 Å².